The van der Waals surface area contributed by atoms with E-state index in [2.05, 4.69) is 28.1 Å². The zero-order chi connectivity index (χ0) is 13.5. The van der Waals surface area contributed by atoms with Crippen molar-refractivity contribution in [1.82, 2.24) is 0 Å². The van der Waals surface area contributed by atoms with Gasteiger partial charge >= 0.3 is 0 Å². The highest BCUT2D eigenvalue weighted by molar-refractivity contribution is 9.10. The van der Waals surface area contributed by atoms with Gasteiger partial charge in [-0.25, -0.2) is 0 Å². The van der Waals surface area contributed by atoms with Gasteiger partial charge in [-0.15, -0.1) is 0 Å². The van der Waals surface area contributed by atoms with Gasteiger partial charge in [0.15, 0.2) is 0 Å². The van der Waals surface area contributed by atoms with Gasteiger partial charge in [0.2, 0.25) is 0 Å². The first kappa shape index (κ1) is 15.5. The Morgan fingerprint density at radius 1 is 1.33 bits per heavy atom. The Labute approximate surface area is 118 Å². The molecule has 1 aromatic rings. The molecule has 2 unspecified atom stereocenters. The van der Waals surface area contributed by atoms with Crippen molar-refractivity contribution < 1.29 is 9.47 Å². The van der Waals surface area contributed by atoms with Gasteiger partial charge in [0.25, 0.3) is 0 Å². The third-order valence-corrected chi connectivity index (χ3v) is 3.23. The summed E-state index contributed by atoms with van der Waals surface area (Å²) >= 11 is 3.54. The van der Waals surface area contributed by atoms with Crippen molar-refractivity contribution in [2.75, 3.05) is 13.7 Å². The first-order chi connectivity index (χ1) is 8.52. The molecule has 4 heteroatoms. The van der Waals surface area contributed by atoms with Crippen LogP contribution < -0.4 is 10.5 Å². The molecule has 1 aromatic carbocycles. The first-order valence-corrected chi connectivity index (χ1v) is 7.01. The molecule has 0 fully saturated rings. The number of benzene rings is 1. The largest absolute Gasteiger partial charge is 0.489 e. The van der Waals surface area contributed by atoms with Gasteiger partial charge in [0.05, 0.1) is 10.6 Å². The van der Waals surface area contributed by atoms with Crippen LogP contribution in [0, 0.1) is 0 Å². The Morgan fingerprint density at radius 2 is 2.06 bits per heavy atom. The maximum Gasteiger partial charge on any atom is 0.133 e. The lowest BCUT2D eigenvalue weighted by molar-refractivity contribution is 0.134. The number of ether oxygens (including phenoxy) is 2. The van der Waals surface area contributed by atoms with Crippen LogP contribution in [0.2, 0.25) is 0 Å². The fraction of sp³-hybridized carbons (Fsp3) is 0.571. The normalized spacial score (nSPS) is 14.3. The SMILES string of the molecule is COCCC(C)Oc1ccc(CC(C)N)cc1Br. The van der Waals surface area contributed by atoms with E-state index in [4.69, 9.17) is 15.2 Å². The molecule has 2 N–H and O–H groups in total. The summed E-state index contributed by atoms with van der Waals surface area (Å²) < 4.78 is 11.9. The van der Waals surface area contributed by atoms with Crippen LogP contribution in [0.15, 0.2) is 22.7 Å². The Bertz CT molecular complexity index is 369. The summed E-state index contributed by atoms with van der Waals surface area (Å²) in [6.07, 6.45) is 1.89. The molecule has 0 spiro atoms. The summed E-state index contributed by atoms with van der Waals surface area (Å²) in [5, 5.41) is 0. The number of nitrogens with two attached hydrogens (primary N) is 1. The molecule has 1 rings (SSSR count). The Kier molecular flexibility index (Phi) is 6.68. The zero-order valence-electron chi connectivity index (χ0n) is 11.3. The van der Waals surface area contributed by atoms with Gasteiger partial charge in [-0.1, -0.05) is 6.07 Å². The standard InChI is InChI=1S/C14H22BrNO2/c1-10(16)8-12-4-5-14(13(15)9-12)18-11(2)6-7-17-3/h4-5,9-11H,6-8,16H2,1-3H3. The minimum atomic E-state index is 0.139. The second kappa shape index (κ2) is 7.77. The third kappa shape index (κ3) is 5.38. The van der Waals surface area contributed by atoms with Crippen LogP contribution in [0.1, 0.15) is 25.8 Å². The maximum atomic E-state index is 5.85. The summed E-state index contributed by atoms with van der Waals surface area (Å²) in [7, 11) is 1.70. The fourth-order valence-corrected chi connectivity index (χ4v) is 2.22. The lowest BCUT2D eigenvalue weighted by Gasteiger charge is -2.16. The Hall–Kier alpha value is -0.580. The lowest BCUT2D eigenvalue weighted by Crippen LogP contribution is -2.18. The van der Waals surface area contributed by atoms with E-state index in [1.54, 1.807) is 7.11 Å². The topological polar surface area (TPSA) is 44.5 Å². The average molecular weight is 316 g/mol. The molecule has 0 amide bonds. The molecule has 0 saturated carbocycles. The minimum absolute atomic E-state index is 0.139. The van der Waals surface area contributed by atoms with Gasteiger partial charge in [-0.3, -0.25) is 0 Å². The summed E-state index contributed by atoms with van der Waals surface area (Å²) in [6.45, 7) is 4.76. The molecule has 0 radical (unpaired) electrons. The smallest absolute Gasteiger partial charge is 0.133 e. The number of halogens is 1. The molecule has 18 heavy (non-hydrogen) atoms. The van der Waals surface area contributed by atoms with E-state index in [0.29, 0.717) is 6.61 Å². The van der Waals surface area contributed by atoms with Crippen molar-refractivity contribution in [3.05, 3.63) is 28.2 Å². The lowest BCUT2D eigenvalue weighted by atomic mass is 10.1. The molecule has 0 aromatic heterocycles. The molecule has 0 saturated heterocycles. The van der Waals surface area contributed by atoms with E-state index in [1.165, 1.54) is 5.56 Å². The van der Waals surface area contributed by atoms with Crippen molar-refractivity contribution >= 4 is 15.9 Å². The number of hydrogen-bond donors (Lipinski definition) is 1. The predicted octanol–water partition coefficient (Wildman–Crippen LogP) is 3.14. The van der Waals surface area contributed by atoms with Crippen LogP contribution in [0.3, 0.4) is 0 Å². The molecule has 3 nitrogen and oxygen atoms in total. The van der Waals surface area contributed by atoms with Crippen LogP contribution in [0.5, 0.6) is 5.75 Å². The fourth-order valence-electron chi connectivity index (χ4n) is 1.70. The summed E-state index contributed by atoms with van der Waals surface area (Å²) in [5.74, 6) is 0.868. The van der Waals surface area contributed by atoms with Gasteiger partial charge in [0, 0.05) is 26.2 Å². The van der Waals surface area contributed by atoms with Crippen LogP contribution in [-0.2, 0) is 11.2 Å². The number of methoxy groups -OCH3 is 1. The van der Waals surface area contributed by atoms with Gasteiger partial charge < -0.3 is 15.2 Å². The Balaban J connectivity index is 2.61. The van der Waals surface area contributed by atoms with Gasteiger partial charge in [0.1, 0.15) is 5.75 Å². The summed E-state index contributed by atoms with van der Waals surface area (Å²) in [6, 6.07) is 6.29. The minimum Gasteiger partial charge on any atom is -0.489 e. The Morgan fingerprint density at radius 3 is 2.61 bits per heavy atom. The molecular formula is C14H22BrNO2. The van der Waals surface area contributed by atoms with E-state index >= 15 is 0 Å². The molecule has 102 valence electrons. The van der Waals surface area contributed by atoms with Crippen LogP contribution in [-0.4, -0.2) is 25.9 Å². The van der Waals surface area contributed by atoms with E-state index in [1.807, 2.05) is 19.9 Å². The van der Waals surface area contributed by atoms with Gasteiger partial charge in [-0.05, 0) is 53.9 Å². The maximum absolute atomic E-state index is 5.85. The first-order valence-electron chi connectivity index (χ1n) is 6.22. The van der Waals surface area contributed by atoms with Gasteiger partial charge in [-0.2, -0.15) is 0 Å². The number of rotatable bonds is 7. The highest BCUT2D eigenvalue weighted by Gasteiger charge is 2.08. The van der Waals surface area contributed by atoms with Crippen LogP contribution in [0.25, 0.3) is 0 Å². The van der Waals surface area contributed by atoms with Crippen molar-refractivity contribution in [2.24, 2.45) is 5.73 Å². The predicted molar refractivity (Wildman–Crippen MR) is 78.1 cm³/mol. The average Bonchev–Trinajstić information content (AvgIpc) is 2.29. The second-order valence-corrected chi connectivity index (χ2v) is 5.51. The van der Waals surface area contributed by atoms with E-state index in [0.717, 1.165) is 23.1 Å². The molecule has 0 aliphatic heterocycles. The number of hydrogen-bond acceptors (Lipinski definition) is 3. The monoisotopic (exact) mass is 315 g/mol. The molecule has 2 atom stereocenters. The van der Waals surface area contributed by atoms with E-state index < -0.39 is 0 Å². The second-order valence-electron chi connectivity index (χ2n) is 4.66. The zero-order valence-corrected chi connectivity index (χ0v) is 12.9. The van der Waals surface area contributed by atoms with Crippen molar-refractivity contribution in [2.45, 2.75) is 38.8 Å². The van der Waals surface area contributed by atoms with Crippen molar-refractivity contribution in [3.8, 4) is 5.75 Å². The molecule has 0 heterocycles. The van der Waals surface area contributed by atoms with Crippen molar-refractivity contribution in [1.29, 1.82) is 0 Å². The molecule has 0 aliphatic carbocycles. The molecular weight excluding hydrogens is 294 g/mol. The highest BCUT2D eigenvalue weighted by Crippen LogP contribution is 2.27. The van der Waals surface area contributed by atoms with Crippen LogP contribution in [0.4, 0.5) is 0 Å². The van der Waals surface area contributed by atoms with Crippen LogP contribution >= 0.6 is 15.9 Å². The summed E-state index contributed by atoms with van der Waals surface area (Å²) in [5.41, 5.74) is 7.00. The highest BCUT2D eigenvalue weighted by atomic mass is 79.9. The van der Waals surface area contributed by atoms with E-state index in [9.17, 15) is 0 Å². The molecule has 0 aliphatic rings. The molecule has 0 bridgehead atoms. The van der Waals surface area contributed by atoms with Crippen molar-refractivity contribution in [3.63, 3.8) is 0 Å². The summed E-state index contributed by atoms with van der Waals surface area (Å²) in [4.78, 5) is 0. The third-order valence-electron chi connectivity index (χ3n) is 2.61. The quantitative estimate of drug-likeness (QED) is 0.840. The van der Waals surface area contributed by atoms with E-state index in [-0.39, 0.29) is 12.1 Å².